The lowest BCUT2D eigenvalue weighted by Gasteiger charge is -2.08. The second-order valence-corrected chi connectivity index (χ2v) is 5.89. The third kappa shape index (κ3) is 3.91. The highest BCUT2D eigenvalue weighted by Gasteiger charge is 2.04. The summed E-state index contributed by atoms with van der Waals surface area (Å²) in [6, 6.07) is 18.6. The van der Waals surface area contributed by atoms with Crippen LogP contribution in [0.2, 0.25) is 0 Å². The fourth-order valence-corrected chi connectivity index (χ4v) is 2.82. The van der Waals surface area contributed by atoms with Gasteiger partial charge in [-0.15, -0.1) is 25.3 Å². The number of halogens is 1. The van der Waals surface area contributed by atoms with Gasteiger partial charge in [0.25, 0.3) is 0 Å². The number of alkyl halides is 1. The van der Waals surface area contributed by atoms with Crippen molar-refractivity contribution in [3.63, 3.8) is 0 Å². The Kier molecular flexibility index (Phi) is 5.61. The second kappa shape index (κ2) is 7.22. The molecule has 0 aliphatic rings. The van der Waals surface area contributed by atoms with Crippen LogP contribution in [0.15, 0.2) is 54.6 Å². The van der Waals surface area contributed by atoms with Crippen LogP contribution in [0.4, 0.5) is 0 Å². The molecule has 19 heavy (non-hydrogen) atoms. The van der Waals surface area contributed by atoms with E-state index in [1.54, 1.807) is 0 Å². The zero-order valence-corrected chi connectivity index (χ0v) is 13.8. The van der Waals surface area contributed by atoms with Gasteiger partial charge < -0.3 is 0 Å². The fraction of sp³-hybridized carbons (Fsp3) is 0.125. The van der Waals surface area contributed by atoms with E-state index in [0.717, 1.165) is 32.7 Å². The summed E-state index contributed by atoms with van der Waals surface area (Å²) >= 11 is 12.6. The molecule has 0 aliphatic carbocycles. The summed E-state index contributed by atoms with van der Waals surface area (Å²) < 4.78 is 0. The Labute approximate surface area is 133 Å². The van der Waals surface area contributed by atoms with Crippen molar-refractivity contribution in [2.24, 2.45) is 0 Å². The van der Waals surface area contributed by atoms with Crippen molar-refractivity contribution in [2.45, 2.75) is 6.42 Å². The van der Waals surface area contributed by atoms with Gasteiger partial charge in [0, 0.05) is 15.1 Å². The van der Waals surface area contributed by atoms with Crippen LogP contribution in [0.3, 0.4) is 0 Å². The van der Waals surface area contributed by atoms with Gasteiger partial charge in [-0.05, 0) is 23.1 Å². The minimum Gasteiger partial charge on any atom is -0.142 e. The quantitative estimate of drug-likeness (QED) is 0.416. The number of benzene rings is 2. The number of hydrogen-bond donors (Lipinski definition) is 2. The minimum absolute atomic E-state index is 0.900. The van der Waals surface area contributed by atoms with Crippen LogP contribution in [0.25, 0.3) is 9.81 Å². The smallest absolute Gasteiger partial charge is 0.0253 e. The molecule has 0 saturated heterocycles. The zero-order chi connectivity index (χ0) is 13.7. The van der Waals surface area contributed by atoms with Gasteiger partial charge in [-0.1, -0.05) is 70.5 Å². The van der Waals surface area contributed by atoms with E-state index in [0.29, 0.717) is 0 Å². The average Bonchev–Trinajstić information content (AvgIpc) is 2.48. The molecule has 2 aromatic carbocycles. The average molecular weight is 351 g/mol. The van der Waals surface area contributed by atoms with Gasteiger partial charge in [-0.25, -0.2) is 0 Å². The third-order valence-electron chi connectivity index (χ3n) is 2.88. The van der Waals surface area contributed by atoms with Gasteiger partial charge in [0.15, 0.2) is 0 Å². The summed E-state index contributed by atoms with van der Waals surface area (Å²) in [7, 11) is 0. The van der Waals surface area contributed by atoms with Crippen LogP contribution in [0.1, 0.15) is 16.7 Å². The summed E-state index contributed by atoms with van der Waals surface area (Å²) in [6.45, 7) is 0. The number of hydrogen-bond acceptors (Lipinski definition) is 2. The van der Waals surface area contributed by atoms with E-state index >= 15 is 0 Å². The van der Waals surface area contributed by atoms with E-state index in [4.69, 9.17) is 0 Å². The molecule has 0 fully saturated rings. The standard InChI is InChI=1S/C16H15BrS2/c17-11-10-12-6-8-14(9-7-12)16(19)15(18)13-4-2-1-3-5-13/h1-9,18-19H,10-11H2/b16-15-. The molecule has 0 N–H and O–H groups in total. The molecular formula is C16H15BrS2. The first-order valence-corrected chi connectivity index (χ1v) is 8.07. The first-order chi connectivity index (χ1) is 9.22. The van der Waals surface area contributed by atoms with Crippen LogP contribution in [0, 0.1) is 0 Å². The van der Waals surface area contributed by atoms with Crippen molar-refractivity contribution in [3.8, 4) is 0 Å². The van der Waals surface area contributed by atoms with E-state index < -0.39 is 0 Å². The molecule has 0 saturated carbocycles. The Morgan fingerprint density at radius 3 is 1.84 bits per heavy atom. The van der Waals surface area contributed by atoms with Gasteiger partial charge in [-0.3, -0.25) is 0 Å². The molecule has 0 unspecified atom stereocenters. The predicted molar refractivity (Wildman–Crippen MR) is 95.2 cm³/mol. The van der Waals surface area contributed by atoms with E-state index in [-0.39, 0.29) is 0 Å². The van der Waals surface area contributed by atoms with Crippen molar-refractivity contribution in [2.75, 3.05) is 5.33 Å². The molecular weight excluding hydrogens is 336 g/mol. The second-order valence-electron chi connectivity index (χ2n) is 4.20. The molecule has 0 bridgehead atoms. The van der Waals surface area contributed by atoms with Crippen LogP contribution < -0.4 is 0 Å². The number of aryl methyl sites for hydroxylation is 1. The monoisotopic (exact) mass is 350 g/mol. The molecule has 2 rings (SSSR count). The summed E-state index contributed by atoms with van der Waals surface area (Å²) in [5.41, 5.74) is 3.50. The van der Waals surface area contributed by atoms with Crippen molar-refractivity contribution in [3.05, 3.63) is 71.3 Å². The molecule has 0 aliphatic heterocycles. The van der Waals surface area contributed by atoms with Crippen LogP contribution >= 0.6 is 41.2 Å². The molecule has 0 amide bonds. The highest BCUT2D eigenvalue weighted by molar-refractivity contribution is 9.09. The van der Waals surface area contributed by atoms with Gasteiger partial charge in [0.2, 0.25) is 0 Å². The van der Waals surface area contributed by atoms with Crippen molar-refractivity contribution in [1.29, 1.82) is 0 Å². The summed E-state index contributed by atoms with van der Waals surface area (Å²) in [5, 5.41) is 0.984. The largest absolute Gasteiger partial charge is 0.142 e. The first-order valence-electron chi connectivity index (χ1n) is 6.05. The van der Waals surface area contributed by atoms with Gasteiger partial charge in [0.1, 0.15) is 0 Å². The molecule has 0 nitrogen and oxygen atoms in total. The maximum Gasteiger partial charge on any atom is 0.0253 e. The maximum atomic E-state index is 4.61. The first kappa shape index (κ1) is 14.8. The summed E-state index contributed by atoms with van der Waals surface area (Å²) in [6.07, 6.45) is 1.04. The SMILES string of the molecule is S/C(=C(\S)c1ccc(CCBr)cc1)c1ccccc1. The Hall–Kier alpha value is -0.640. The summed E-state index contributed by atoms with van der Waals surface area (Å²) in [4.78, 5) is 1.80. The van der Waals surface area contributed by atoms with Crippen LogP contribution in [0.5, 0.6) is 0 Å². The highest BCUT2D eigenvalue weighted by Crippen LogP contribution is 2.31. The number of thiol groups is 2. The molecule has 0 aromatic heterocycles. The van der Waals surface area contributed by atoms with Crippen LogP contribution in [-0.4, -0.2) is 5.33 Å². The minimum atomic E-state index is 0.900. The molecule has 98 valence electrons. The molecule has 0 heterocycles. The lowest BCUT2D eigenvalue weighted by molar-refractivity contribution is 1.17. The molecule has 3 heteroatoms. The van der Waals surface area contributed by atoms with Crippen LogP contribution in [-0.2, 0) is 6.42 Å². The van der Waals surface area contributed by atoms with E-state index in [9.17, 15) is 0 Å². The predicted octanol–water partition coefficient (Wildman–Crippen LogP) is 5.31. The normalized spacial score (nSPS) is 12.2. The van der Waals surface area contributed by atoms with Crippen molar-refractivity contribution >= 4 is 51.0 Å². The molecule has 2 aromatic rings. The maximum absolute atomic E-state index is 4.61. The zero-order valence-electron chi connectivity index (χ0n) is 10.4. The third-order valence-corrected chi connectivity index (χ3v) is 4.42. The Bertz CT molecular complexity index is 559. The lowest BCUT2D eigenvalue weighted by Crippen LogP contribution is -1.87. The van der Waals surface area contributed by atoms with Gasteiger partial charge >= 0.3 is 0 Å². The molecule has 0 atom stereocenters. The van der Waals surface area contributed by atoms with Gasteiger partial charge in [0.05, 0.1) is 0 Å². The van der Waals surface area contributed by atoms with E-state index in [1.165, 1.54) is 5.56 Å². The summed E-state index contributed by atoms with van der Waals surface area (Å²) in [5.74, 6) is 0. The lowest BCUT2D eigenvalue weighted by atomic mass is 10.1. The van der Waals surface area contributed by atoms with Gasteiger partial charge in [-0.2, -0.15) is 0 Å². The Balaban J connectivity index is 2.30. The van der Waals surface area contributed by atoms with E-state index in [1.807, 2.05) is 30.3 Å². The van der Waals surface area contributed by atoms with E-state index in [2.05, 4.69) is 65.5 Å². The Morgan fingerprint density at radius 2 is 1.32 bits per heavy atom. The Morgan fingerprint density at radius 1 is 0.789 bits per heavy atom. The van der Waals surface area contributed by atoms with Crippen molar-refractivity contribution < 1.29 is 0 Å². The molecule has 0 radical (unpaired) electrons. The fourth-order valence-electron chi connectivity index (χ4n) is 1.81. The topological polar surface area (TPSA) is 0 Å². The van der Waals surface area contributed by atoms with Crippen molar-refractivity contribution in [1.82, 2.24) is 0 Å². The molecule has 0 spiro atoms. The highest BCUT2D eigenvalue weighted by atomic mass is 79.9. The number of rotatable bonds is 4.